The Morgan fingerprint density at radius 3 is 2.91 bits per heavy atom. The summed E-state index contributed by atoms with van der Waals surface area (Å²) >= 11 is 6.21. The number of nitrogens with zero attached hydrogens (tertiary/aromatic N) is 1. The maximum atomic E-state index is 6.21. The Balaban J connectivity index is 0.00000156. The molecule has 1 N–H and O–H groups in total. The summed E-state index contributed by atoms with van der Waals surface area (Å²) in [6.45, 7) is 6.58. The molecule has 23 heavy (non-hydrogen) atoms. The predicted molar refractivity (Wildman–Crippen MR) is 96.7 cm³/mol. The van der Waals surface area contributed by atoms with Crippen LogP contribution in [0.25, 0.3) is 0 Å². The van der Waals surface area contributed by atoms with Crippen molar-refractivity contribution in [2.24, 2.45) is 11.3 Å². The van der Waals surface area contributed by atoms with Gasteiger partial charge >= 0.3 is 0 Å². The minimum atomic E-state index is 0. The summed E-state index contributed by atoms with van der Waals surface area (Å²) in [5.74, 6) is 1.81. The average Bonchev–Trinajstić information content (AvgIpc) is 3.10. The Morgan fingerprint density at radius 2 is 2.17 bits per heavy atom. The minimum absolute atomic E-state index is 0. The third-order valence-electron chi connectivity index (χ3n) is 5.44. The number of rotatable bonds is 5. The van der Waals surface area contributed by atoms with Crippen molar-refractivity contribution in [1.29, 1.82) is 0 Å². The molecule has 128 valence electrons. The van der Waals surface area contributed by atoms with Crippen LogP contribution in [0.1, 0.15) is 31.2 Å². The molecule has 2 saturated heterocycles. The van der Waals surface area contributed by atoms with Crippen LogP contribution in [0.15, 0.2) is 18.2 Å². The summed E-state index contributed by atoms with van der Waals surface area (Å²) in [5, 5.41) is 4.34. The van der Waals surface area contributed by atoms with Crippen LogP contribution >= 0.6 is 24.0 Å². The van der Waals surface area contributed by atoms with E-state index in [1.807, 2.05) is 12.1 Å². The molecular weight excluding hydrogens is 331 g/mol. The second kappa shape index (κ2) is 7.18. The smallest absolute Gasteiger partial charge is 0.123 e. The zero-order valence-corrected chi connectivity index (χ0v) is 15.1. The van der Waals surface area contributed by atoms with E-state index in [0.29, 0.717) is 5.41 Å². The van der Waals surface area contributed by atoms with Crippen molar-refractivity contribution >= 4 is 24.0 Å². The molecule has 5 heteroatoms. The van der Waals surface area contributed by atoms with E-state index in [9.17, 15) is 0 Å². The van der Waals surface area contributed by atoms with Crippen LogP contribution in [-0.4, -0.2) is 37.7 Å². The lowest BCUT2D eigenvalue weighted by Crippen LogP contribution is -2.29. The number of halogens is 2. The molecule has 1 aliphatic carbocycles. The van der Waals surface area contributed by atoms with Crippen LogP contribution < -0.4 is 10.1 Å². The first-order valence-electron chi connectivity index (χ1n) is 8.57. The first-order chi connectivity index (χ1) is 10.7. The summed E-state index contributed by atoms with van der Waals surface area (Å²) in [6.07, 6.45) is 5.29. The van der Waals surface area contributed by atoms with Gasteiger partial charge in [-0.2, -0.15) is 0 Å². The normalized spacial score (nSPS) is 27.3. The third-order valence-corrected chi connectivity index (χ3v) is 5.67. The van der Waals surface area contributed by atoms with Crippen molar-refractivity contribution in [3.8, 4) is 5.75 Å². The molecule has 1 spiro atoms. The Morgan fingerprint density at radius 1 is 1.30 bits per heavy atom. The Bertz CT molecular complexity index is 542. The Hall–Kier alpha value is -0.480. The lowest BCUT2D eigenvalue weighted by atomic mass is 9.86. The van der Waals surface area contributed by atoms with E-state index >= 15 is 0 Å². The maximum Gasteiger partial charge on any atom is 0.123 e. The van der Waals surface area contributed by atoms with Gasteiger partial charge in [0, 0.05) is 30.2 Å². The van der Waals surface area contributed by atoms with Gasteiger partial charge in [-0.1, -0.05) is 11.6 Å². The van der Waals surface area contributed by atoms with Crippen molar-refractivity contribution in [2.75, 3.05) is 32.8 Å². The van der Waals surface area contributed by atoms with E-state index in [2.05, 4.69) is 16.3 Å². The van der Waals surface area contributed by atoms with E-state index < -0.39 is 0 Å². The lowest BCUT2D eigenvalue weighted by Gasteiger charge is -2.23. The van der Waals surface area contributed by atoms with Gasteiger partial charge in [-0.25, -0.2) is 0 Å². The molecule has 0 amide bonds. The fourth-order valence-electron chi connectivity index (χ4n) is 3.85. The van der Waals surface area contributed by atoms with Gasteiger partial charge in [-0.15, -0.1) is 12.4 Å². The lowest BCUT2D eigenvalue weighted by molar-refractivity contribution is 0.257. The first-order valence-corrected chi connectivity index (χ1v) is 8.95. The summed E-state index contributed by atoms with van der Waals surface area (Å²) in [4.78, 5) is 2.57. The summed E-state index contributed by atoms with van der Waals surface area (Å²) in [7, 11) is 0. The average molecular weight is 357 g/mol. The molecule has 3 nitrogen and oxygen atoms in total. The number of ether oxygens (including phenoxy) is 1. The SMILES string of the molecule is Cl.Clc1ccc(OCC2CC2)c(CN2CCC3(CCNC3)C2)c1. The molecule has 2 heterocycles. The molecule has 0 aromatic heterocycles. The van der Waals surface area contributed by atoms with Gasteiger partial charge < -0.3 is 10.1 Å². The van der Waals surface area contributed by atoms with Crippen molar-refractivity contribution in [3.63, 3.8) is 0 Å². The molecule has 1 unspecified atom stereocenters. The monoisotopic (exact) mass is 356 g/mol. The quantitative estimate of drug-likeness (QED) is 0.869. The van der Waals surface area contributed by atoms with E-state index in [1.54, 1.807) is 0 Å². The van der Waals surface area contributed by atoms with Crippen molar-refractivity contribution in [1.82, 2.24) is 10.2 Å². The molecule has 1 aromatic rings. The van der Waals surface area contributed by atoms with E-state index in [-0.39, 0.29) is 12.4 Å². The van der Waals surface area contributed by atoms with E-state index in [0.717, 1.165) is 29.8 Å². The largest absolute Gasteiger partial charge is 0.493 e. The summed E-state index contributed by atoms with van der Waals surface area (Å²) in [5.41, 5.74) is 1.77. The van der Waals surface area contributed by atoms with Crippen molar-refractivity contribution in [2.45, 2.75) is 32.2 Å². The minimum Gasteiger partial charge on any atom is -0.493 e. The summed E-state index contributed by atoms with van der Waals surface area (Å²) < 4.78 is 6.05. The van der Waals surface area contributed by atoms with Crippen LogP contribution in [-0.2, 0) is 6.54 Å². The molecule has 4 rings (SSSR count). The van der Waals surface area contributed by atoms with Gasteiger partial charge in [0.1, 0.15) is 5.75 Å². The van der Waals surface area contributed by atoms with Gasteiger partial charge in [-0.05, 0) is 68.3 Å². The topological polar surface area (TPSA) is 24.5 Å². The molecule has 0 radical (unpaired) electrons. The van der Waals surface area contributed by atoms with Crippen molar-refractivity contribution in [3.05, 3.63) is 28.8 Å². The molecule has 3 aliphatic rings. The van der Waals surface area contributed by atoms with Crippen LogP contribution in [0, 0.1) is 11.3 Å². The predicted octanol–water partition coefficient (Wildman–Crippen LogP) is 3.74. The van der Waals surface area contributed by atoms with Gasteiger partial charge in [0.05, 0.1) is 6.61 Å². The van der Waals surface area contributed by atoms with Gasteiger partial charge in [-0.3, -0.25) is 4.90 Å². The number of hydrogen-bond acceptors (Lipinski definition) is 3. The second-order valence-corrected chi connectivity index (χ2v) is 7.83. The fraction of sp³-hybridized carbons (Fsp3) is 0.667. The number of hydrogen-bond donors (Lipinski definition) is 1. The zero-order chi connectivity index (χ0) is 15.0. The highest BCUT2D eigenvalue weighted by Gasteiger charge is 2.40. The van der Waals surface area contributed by atoms with E-state index in [4.69, 9.17) is 16.3 Å². The zero-order valence-electron chi connectivity index (χ0n) is 13.5. The molecule has 1 saturated carbocycles. The molecular formula is C18H26Cl2N2O. The number of nitrogens with one attached hydrogen (secondary N) is 1. The molecule has 1 aromatic carbocycles. The third kappa shape index (κ3) is 4.14. The van der Waals surface area contributed by atoms with Crippen LogP contribution in [0.4, 0.5) is 0 Å². The Labute approximate surface area is 150 Å². The molecule has 1 atom stereocenters. The van der Waals surface area contributed by atoms with Gasteiger partial charge in [0.2, 0.25) is 0 Å². The highest BCUT2D eigenvalue weighted by Crippen LogP contribution is 2.38. The van der Waals surface area contributed by atoms with Crippen LogP contribution in [0.2, 0.25) is 5.02 Å². The second-order valence-electron chi connectivity index (χ2n) is 7.39. The highest BCUT2D eigenvalue weighted by molar-refractivity contribution is 6.30. The van der Waals surface area contributed by atoms with Crippen LogP contribution in [0.3, 0.4) is 0 Å². The van der Waals surface area contributed by atoms with Crippen LogP contribution in [0.5, 0.6) is 5.75 Å². The van der Waals surface area contributed by atoms with Crippen molar-refractivity contribution < 1.29 is 4.74 Å². The molecule has 2 aliphatic heterocycles. The molecule has 0 bridgehead atoms. The van der Waals surface area contributed by atoms with Gasteiger partial charge in [0.25, 0.3) is 0 Å². The fourth-order valence-corrected chi connectivity index (χ4v) is 4.05. The molecule has 3 fully saturated rings. The number of likely N-dealkylation sites (tertiary alicyclic amines) is 1. The number of benzene rings is 1. The highest BCUT2D eigenvalue weighted by atomic mass is 35.5. The maximum absolute atomic E-state index is 6.21. The van der Waals surface area contributed by atoms with Gasteiger partial charge in [0.15, 0.2) is 0 Å². The van der Waals surface area contributed by atoms with E-state index in [1.165, 1.54) is 57.4 Å². The standard InChI is InChI=1S/C18H25ClN2O.ClH/c19-16-3-4-17(22-11-14-1-2-14)15(9-16)10-21-8-6-18(13-21)5-7-20-12-18;/h3-4,9,14,20H,1-2,5-8,10-13H2;1H. The summed E-state index contributed by atoms with van der Waals surface area (Å²) in [6, 6.07) is 6.07. The Kier molecular flexibility index (Phi) is 5.42. The first kappa shape index (κ1) is 17.3.